The minimum absolute atomic E-state index is 0.0597. The smallest absolute Gasteiger partial charge is 0.264 e. The number of hydrogen-bond acceptors (Lipinski definition) is 2. The molecule has 1 saturated heterocycles. The van der Waals surface area contributed by atoms with Crippen LogP contribution in [0.25, 0.3) is 0 Å². The Labute approximate surface area is 147 Å². The zero-order valence-electron chi connectivity index (χ0n) is 14.4. The second-order valence-electron chi connectivity index (χ2n) is 7.19. The number of nitrogens with one attached hydrogen (secondary N) is 1. The van der Waals surface area contributed by atoms with E-state index in [4.69, 9.17) is 0 Å². The van der Waals surface area contributed by atoms with E-state index in [9.17, 15) is 12.8 Å². The van der Waals surface area contributed by atoms with Gasteiger partial charge in [-0.2, -0.15) is 0 Å². The first-order chi connectivity index (χ1) is 11.9. The second kappa shape index (κ2) is 5.81. The number of likely N-dealkylation sites (tertiary alicyclic amines) is 1. The number of piperidine rings is 1. The van der Waals surface area contributed by atoms with E-state index < -0.39 is 15.8 Å². The van der Waals surface area contributed by atoms with E-state index in [0.29, 0.717) is 0 Å². The summed E-state index contributed by atoms with van der Waals surface area (Å²) in [5.41, 5.74) is 3.04. The highest BCUT2D eigenvalue weighted by Crippen LogP contribution is 2.45. The lowest BCUT2D eigenvalue weighted by molar-refractivity contribution is -0.886. The highest BCUT2D eigenvalue weighted by molar-refractivity contribution is 7.92. The van der Waals surface area contributed by atoms with Crippen molar-refractivity contribution in [2.75, 3.05) is 24.4 Å². The summed E-state index contributed by atoms with van der Waals surface area (Å²) >= 11 is 0. The SMILES string of the molecule is Cc1ccc2c(c1)[C@@H]1C[NH+](C)CC[C@H]1N2S(=O)(=O)c1ccc(F)cc1. The fraction of sp³-hybridized carbons (Fsp3) is 0.368. The predicted octanol–water partition coefficient (Wildman–Crippen LogP) is 1.71. The topological polar surface area (TPSA) is 41.8 Å². The Morgan fingerprint density at radius 2 is 1.88 bits per heavy atom. The molecule has 0 radical (unpaired) electrons. The van der Waals surface area contributed by atoms with Crippen molar-refractivity contribution in [3.63, 3.8) is 0 Å². The molecule has 6 heteroatoms. The third kappa shape index (κ3) is 2.64. The summed E-state index contributed by atoms with van der Waals surface area (Å²) in [6.45, 7) is 3.91. The molecule has 2 aliphatic heterocycles. The molecular weight excluding hydrogens is 339 g/mol. The zero-order valence-corrected chi connectivity index (χ0v) is 15.2. The Hall–Kier alpha value is -1.92. The van der Waals surface area contributed by atoms with Gasteiger partial charge in [-0.05, 0) is 42.8 Å². The van der Waals surface area contributed by atoms with Crippen LogP contribution in [0.3, 0.4) is 0 Å². The lowest BCUT2D eigenvalue weighted by Gasteiger charge is -2.34. The van der Waals surface area contributed by atoms with E-state index in [1.807, 2.05) is 19.1 Å². The highest BCUT2D eigenvalue weighted by atomic mass is 32.2. The predicted molar refractivity (Wildman–Crippen MR) is 95.0 cm³/mol. The molecule has 132 valence electrons. The van der Waals surface area contributed by atoms with Crippen molar-refractivity contribution >= 4 is 15.7 Å². The average molecular weight is 361 g/mol. The monoisotopic (exact) mass is 361 g/mol. The maximum atomic E-state index is 13.3. The van der Waals surface area contributed by atoms with Gasteiger partial charge in [0, 0.05) is 6.42 Å². The highest BCUT2D eigenvalue weighted by Gasteiger charge is 2.48. The molecule has 25 heavy (non-hydrogen) atoms. The molecule has 0 aromatic heterocycles. The van der Waals surface area contributed by atoms with Crippen molar-refractivity contribution in [2.45, 2.75) is 30.2 Å². The van der Waals surface area contributed by atoms with Crippen LogP contribution < -0.4 is 9.21 Å². The number of likely N-dealkylation sites (N-methyl/N-ethyl adjacent to an activating group) is 1. The normalized spacial score (nSPS) is 25.6. The van der Waals surface area contributed by atoms with E-state index in [-0.39, 0.29) is 16.9 Å². The van der Waals surface area contributed by atoms with E-state index >= 15 is 0 Å². The molecule has 0 aliphatic carbocycles. The molecule has 0 spiro atoms. The summed E-state index contributed by atoms with van der Waals surface area (Å²) in [6.07, 6.45) is 0.824. The summed E-state index contributed by atoms with van der Waals surface area (Å²) in [7, 11) is -1.56. The van der Waals surface area contributed by atoms with Crippen LogP contribution in [0.4, 0.5) is 10.1 Å². The Morgan fingerprint density at radius 1 is 1.16 bits per heavy atom. The standard InChI is InChI=1S/C19H21FN2O2S/c1-13-3-8-18-16(11-13)17-12-21(2)10-9-19(17)22(18)25(23,24)15-6-4-14(20)5-7-15/h3-8,11,17,19H,9-10,12H2,1-2H3/p+1/t17-,19+/m0/s1. The van der Waals surface area contributed by atoms with Crippen LogP contribution in [-0.4, -0.2) is 34.6 Å². The molecule has 0 amide bonds. The van der Waals surface area contributed by atoms with Crippen LogP contribution in [0.5, 0.6) is 0 Å². The van der Waals surface area contributed by atoms with Crippen molar-refractivity contribution in [1.82, 2.24) is 0 Å². The van der Waals surface area contributed by atoms with Crippen LogP contribution in [-0.2, 0) is 10.0 Å². The summed E-state index contributed by atoms with van der Waals surface area (Å²) in [6, 6.07) is 11.0. The van der Waals surface area contributed by atoms with Gasteiger partial charge in [0.1, 0.15) is 5.82 Å². The van der Waals surface area contributed by atoms with Gasteiger partial charge in [-0.3, -0.25) is 4.31 Å². The number of hydrogen-bond donors (Lipinski definition) is 1. The molecule has 2 aromatic carbocycles. The molecule has 4 nitrogen and oxygen atoms in total. The van der Waals surface area contributed by atoms with Gasteiger partial charge in [0.25, 0.3) is 10.0 Å². The quantitative estimate of drug-likeness (QED) is 0.885. The van der Waals surface area contributed by atoms with Crippen LogP contribution in [0, 0.1) is 12.7 Å². The first-order valence-electron chi connectivity index (χ1n) is 8.60. The Kier molecular flexibility index (Phi) is 3.85. The molecule has 0 bridgehead atoms. The summed E-state index contributed by atoms with van der Waals surface area (Å²) < 4.78 is 41.5. The number of nitrogens with zero attached hydrogens (tertiary/aromatic N) is 1. The van der Waals surface area contributed by atoms with Gasteiger partial charge in [-0.15, -0.1) is 0 Å². The molecule has 2 aliphatic rings. The van der Waals surface area contributed by atoms with E-state index in [1.54, 1.807) is 4.31 Å². The van der Waals surface area contributed by atoms with Crippen molar-refractivity contribution in [1.29, 1.82) is 0 Å². The van der Waals surface area contributed by atoms with Crippen LogP contribution in [0.15, 0.2) is 47.4 Å². The van der Waals surface area contributed by atoms with Gasteiger partial charge in [-0.25, -0.2) is 12.8 Å². The number of anilines is 1. The summed E-state index contributed by atoms with van der Waals surface area (Å²) in [5.74, 6) is -0.226. The zero-order chi connectivity index (χ0) is 17.8. The van der Waals surface area contributed by atoms with Gasteiger partial charge in [-0.1, -0.05) is 17.7 Å². The van der Waals surface area contributed by atoms with E-state index in [1.165, 1.54) is 29.2 Å². The first-order valence-corrected chi connectivity index (χ1v) is 10.0. The number of quaternary nitrogens is 1. The third-order valence-corrected chi connectivity index (χ3v) is 7.24. The number of rotatable bonds is 2. The molecule has 1 fully saturated rings. The fourth-order valence-electron chi connectivity index (χ4n) is 4.19. The van der Waals surface area contributed by atoms with Crippen LogP contribution in [0.1, 0.15) is 23.5 Å². The number of sulfonamides is 1. The summed E-state index contributed by atoms with van der Waals surface area (Å²) in [4.78, 5) is 1.57. The van der Waals surface area contributed by atoms with Crippen molar-refractivity contribution in [3.8, 4) is 0 Å². The molecule has 3 atom stereocenters. The maximum Gasteiger partial charge on any atom is 0.264 e. The molecule has 0 saturated carbocycles. The van der Waals surface area contributed by atoms with E-state index in [0.717, 1.165) is 36.3 Å². The van der Waals surface area contributed by atoms with Crippen molar-refractivity contribution in [3.05, 3.63) is 59.4 Å². The number of benzene rings is 2. The van der Waals surface area contributed by atoms with Gasteiger partial charge >= 0.3 is 0 Å². The third-order valence-electron chi connectivity index (χ3n) is 5.39. The minimum atomic E-state index is -3.71. The van der Waals surface area contributed by atoms with E-state index in [2.05, 4.69) is 13.1 Å². The molecular formula is C19H22FN2O2S+. The average Bonchev–Trinajstić information content (AvgIpc) is 2.89. The van der Waals surface area contributed by atoms with Crippen molar-refractivity contribution < 1.29 is 17.7 Å². The van der Waals surface area contributed by atoms with Gasteiger partial charge in [0.15, 0.2) is 0 Å². The maximum absolute atomic E-state index is 13.3. The molecule has 1 N–H and O–H groups in total. The number of halogens is 1. The van der Waals surface area contributed by atoms with Gasteiger partial charge < -0.3 is 4.90 Å². The minimum Gasteiger partial charge on any atom is -0.337 e. The number of aryl methyl sites for hydroxylation is 1. The van der Waals surface area contributed by atoms with Crippen LogP contribution in [0.2, 0.25) is 0 Å². The Balaban J connectivity index is 1.85. The van der Waals surface area contributed by atoms with Gasteiger partial charge in [0.05, 0.1) is 42.7 Å². The second-order valence-corrected chi connectivity index (χ2v) is 9.01. The Morgan fingerprint density at radius 3 is 2.60 bits per heavy atom. The molecule has 2 aromatic rings. The molecule has 4 rings (SSSR count). The lowest BCUT2D eigenvalue weighted by Crippen LogP contribution is -3.11. The van der Waals surface area contributed by atoms with Crippen molar-refractivity contribution in [2.24, 2.45) is 0 Å². The first kappa shape index (κ1) is 16.5. The molecule has 2 heterocycles. The van der Waals surface area contributed by atoms with Crippen LogP contribution >= 0.6 is 0 Å². The van der Waals surface area contributed by atoms with Gasteiger partial charge in [0.2, 0.25) is 0 Å². The fourth-order valence-corrected chi connectivity index (χ4v) is 5.93. The lowest BCUT2D eigenvalue weighted by atomic mass is 9.89. The molecule has 1 unspecified atom stereocenters. The largest absolute Gasteiger partial charge is 0.337 e. The summed E-state index contributed by atoms with van der Waals surface area (Å²) in [5, 5.41) is 0. The Bertz CT molecular complexity index is 912. The number of fused-ring (bicyclic) bond motifs is 3.